The monoisotopic (exact) mass is 547 g/mol. The summed E-state index contributed by atoms with van der Waals surface area (Å²) in [7, 11) is -4.33. The lowest BCUT2D eigenvalue weighted by Gasteiger charge is -2.35. The van der Waals surface area contributed by atoms with Crippen LogP contribution in [-0.2, 0) is 25.7 Å². The standard InChI is InChI=1S/C26H24F3N3O5S/c1-16-2-4-18(32-38(34,35)19-6-9-30-23(14-19)26(27,28)29)13-20(16)17-3-5-21-22(12-17)37-25(15-24(33)31-21)7-10-36-11-8-25/h2-6,9,12-14,32H,7-8,10-11,15H2,1H3,(H,31,33). The molecule has 1 spiro atoms. The van der Waals surface area contributed by atoms with E-state index in [-0.39, 0.29) is 18.0 Å². The van der Waals surface area contributed by atoms with Crippen molar-refractivity contribution in [2.45, 2.75) is 42.9 Å². The number of alkyl halides is 3. The number of hydrogen-bond acceptors (Lipinski definition) is 6. The average molecular weight is 548 g/mol. The lowest BCUT2D eigenvalue weighted by Crippen LogP contribution is -2.43. The highest BCUT2D eigenvalue weighted by atomic mass is 32.2. The van der Waals surface area contributed by atoms with E-state index in [2.05, 4.69) is 15.0 Å². The number of aryl methyl sites for hydroxylation is 1. The number of sulfonamides is 1. The first-order chi connectivity index (χ1) is 17.9. The molecule has 2 aromatic carbocycles. The van der Waals surface area contributed by atoms with Crippen LogP contribution in [0.5, 0.6) is 5.75 Å². The third-order valence-electron chi connectivity index (χ3n) is 6.60. The van der Waals surface area contributed by atoms with Crippen molar-refractivity contribution < 1.29 is 35.9 Å². The van der Waals surface area contributed by atoms with E-state index in [1.165, 1.54) is 6.07 Å². The summed E-state index contributed by atoms with van der Waals surface area (Å²) in [5.74, 6) is 0.355. The number of hydrogen-bond donors (Lipinski definition) is 2. The molecule has 3 aromatic rings. The summed E-state index contributed by atoms with van der Waals surface area (Å²) >= 11 is 0. The molecule has 0 bridgehead atoms. The van der Waals surface area contributed by atoms with Crippen LogP contribution in [0.3, 0.4) is 0 Å². The number of aromatic nitrogens is 1. The van der Waals surface area contributed by atoms with Gasteiger partial charge in [0.15, 0.2) is 0 Å². The molecule has 1 amide bonds. The minimum Gasteiger partial charge on any atom is -0.484 e. The third kappa shape index (κ3) is 5.32. The van der Waals surface area contributed by atoms with E-state index in [1.54, 1.807) is 30.3 Å². The Morgan fingerprint density at radius 1 is 1.05 bits per heavy atom. The second-order valence-corrected chi connectivity index (χ2v) is 11.0. The van der Waals surface area contributed by atoms with Crippen molar-refractivity contribution in [2.75, 3.05) is 23.3 Å². The molecule has 5 rings (SSSR count). The van der Waals surface area contributed by atoms with E-state index < -0.39 is 32.4 Å². The maximum absolute atomic E-state index is 13.0. The van der Waals surface area contributed by atoms with E-state index >= 15 is 0 Å². The second-order valence-electron chi connectivity index (χ2n) is 9.34. The molecule has 0 saturated carbocycles. The lowest BCUT2D eigenvalue weighted by atomic mass is 9.90. The number of amides is 1. The van der Waals surface area contributed by atoms with Crippen molar-refractivity contribution in [2.24, 2.45) is 0 Å². The van der Waals surface area contributed by atoms with Crippen molar-refractivity contribution in [3.05, 3.63) is 66.0 Å². The van der Waals surface area contributed by atoms with Crippen molar-refractivity contribution in [3.8, 4) is 16.9 Å². The number of pyridine rings is 1. The van der Waals surface area contributed by atoms with Gasteiger partial charge in [0.05, 0.1) is 30.2 Å². The van der Waals surface area contributed by atoms with E-state index in [1.807, 2.05) is 6.92 Å². The van der Waals surface area contributed by atoms with Crippen LogP contribution in [0.4, 0.5) is 24.5 Å². The molecule has 1 aromatic heterocycles. The summed E-state index contributed by atoms with van der Waals surface area (Å²) in [5, 5.41) is 2.88. The van der Waals surface area contributed by atoms with Gasteiger partial charge in [-0.15, -0.1) is 0 Å². The van der Waals surface area contributed by atoms with Crippen LogP contribution in [0.15, 0.2) is 59.6 Å². The van der Waals surface area contributed by atoms with Crippen LogP contribution in [0.25, 0.3) is 11.1 Å². The van der Waals surface area contributed by atoms with E-state index in [9.17, 15) is 26.4 Å². The Kier molecular flexibility index (Phi) is 6.56. The zero-order chi connectivity index (χ0) is 27.1. The molecule has 2 aliphatic rings. The first kappa shape index (κ1) is 26.0. The Bertz CT molecular complexity index is 1500. The first-order valence-electron chi connectivity index (χ1n) is 11.8. The van der Waals surface area contributed by atoms with Crippen LogP contribution < -0.4 is 14.8 Å². The normalized spacial score (nSPS) is 17.2. The fourth-order valence-corrected chi connectivity index (χ4v) is 5.66. The zero-order valence-corrected chi connectivity index (χ0v) is 21.1. The highest BCUT2D eigenvalue weighted by molar-refractivity contribution is 7.92. The van der Waals surface area contributed by atoms with Crippen molar-refractivity contribution in [1.29, 1.82) is 0 Å². The van der Waals surface area contributed by atoms with Crippen LogP contribution in [0.2, 0.25) is 0 Å². The highest BCUT2D eigenvalue weighted by Crippen LogP contribution is 2.41. The molecule has 0 unspecified atom stereocenters. The second kappa shape index (κ2) is 9.59. The Labute approximate surface area is 217 Å². The van der Waals surface area contributed by atoms with Crippen LogP contribution in [-0.4, -0.2) is 38.1 Å². The van der Waals surface area contributed by atoms with Gasteiger partial charge in [0.2, 0.25) is 5.91 Å². The fourth-order valence-electron chi connectivity index (χ4n) is 4.60. The predicted octanol–water partition coefficient (Wildman–Crippen LogP) is 5.15. The molecule has 0 radical (unpaired) electrons. The number of benzene rings is 2. The maximum Gasteiger partial charge on any atom is 0.433 e. The largest absolute Gasteiger partial charge is 0.484 e. The summed E-state index contributed by atoms with van der Waals surface area (Å²) < 4.78 is 79.0. The van der Waals surface area contributed by atoms with Gasteiger partial charge >= 0.3 is 6.18 Å². The van der Waals surface area contributed by atoms with Gasteiger partial charge in [-0.3, -0.25) is 14.5 Å². The molecule has 1 fully saturated rings. The van der Waals surface area contributed by atoms with Crippen LogP contribution >= 0.6 is 0 Å². The number of halogens is 3. The molecule has 2 N–H and O–H groups in total. The predicted molar refractivity (Wildman–Crippen MR) is 133 cm³/mol. The fraction of sp³-hybridized carbons (Fsp3) is 0.308. The third-order valence-corrected chi connectivity index (χ3v) is 7.98. The molecule has 2 aliphatic heterocycles. The number of carbonyl (C=O) groups is 1. The van der Waals surface area contributed by atoms with Gasteiger partial charge in [-0.1, -0.05) is 12.1 Å². The van der Waals surface area contributed by atoms with E-state index in [4.69, 9.17) is 9.47 Å². The summed E-state index contributed by atoms with van der Waals surface area (Å²) in [6, 6.07) is 11.6. The van der Waals surface area contributed by atoms with Gasteiger partial charge in [-0.2, -0.15) is 13.2 Å². The topological polar surface area (TPSA) is 107 Å². The number of nitrogens with zero attached hydrogens (tertiary/aromatic N) is 1. The number of ether oxygens (including phenoxy) is 2. The first-order valence-corrected chi connectivity index (χ1v) is 13.3. The molecule has 200 valence electrons. The molecule has 1 saturated heterocycles. The molecule has 0 atom stereocenters. The number of fused-ring (bicyclic) bond motifs is 1. The SMILES string of the molecule is Cc1ccc(NS(=O)(=O)c2ccnc(C(F)(F)F)c2)cc1-c1ccc2c(c1)OC1(CCOCC1)CC(=O)N2. The maximum atomic E-state index is 13.0. The number of nitrogens with one attached hydrogen (secondary N) is 2. The van der Waals surface area contributed by atoms with Gasteiger partial charge in [-0.25, -0.2) is 8.42 Å². The average Bonchev–Trinajstić information content (AvgIpc) is 2.99. The van der Waals surface area contributed by atoms with Crippen molar-refractivity contribution >= 4 is 27.3 Å². The Hall–Kier alpha value is -3.64. The minimum atomic E-state index is -4.78. The smallest absolute Gasteiger partial charge is 0.433 e. The van der Waals surface area contributed by atoms with Crippen LogP contribution in [0, 0.1) is 6.92 Å². The molecule has 0 aliphatic carbocycles. The molecule has 38 heavy (non-hydrogen) atoms. The summed E-state index contributed by atoms with van der Waals surface area (Å²) in [6.45, 7) is 2.83. The number of rotatable bonds is 4. The van der Waals surface area contributed by atoms with Crippen LogP contribution in [0.1, 0.15) is 30.5 Å². The van der Waals surface area contributed by atoms with E-state index in [0.29, 0.717) is 54.7 Å². The summed E-state index contributed by atoms with van der Waals surface area (Å²) in [4.78, 5) is 15.2. The van der Waals surface area contributed by atoms with Crippen molar-refractivity contribution in [1.82, 2.24) is 4.98 Å². The summed E-state index contributed by atoms with van der Waals surface area (Å²) in [5.41, 5.74) is 0.955. The Morgan fingerprint density at radius 3 is 2.55 bits per heavy atom. The highest BCUT2D eigenvalue weighted by Gasteiger charge is 2.40. The van der Waals surface area contributed by atoms with E-state index in [0.717, 1.165) is 17.8 Å². The minimum absolute atomic E-state index is 0.143. The summed E-state index contributed by atoms with van der Waals surface area (Å²) in [6.07, 6.45) is -2.62. The quantitative estimate of drug-likeness (QED) is 0.468. The Morgan fingerprint density at radius 2 is 1.82 bits per heavy atom. The van der Waals surface area contributed by atoms with Gasteiger partial charge in [0.1, 0.15) is 17.0 Å². The lowest BCUT2D eigenvalue weighted by molar-refractivity contribution is -0.141. The molecular formula is C26H24F3N3O5S. The van der Waals surface area contributed by atoms with Gasteiger partial charge in [0.25, 0.3) is 10.0 Å². The number of anilines is 2. The van der Waals surface area contributed by atoms with Gasteiger partial charge < -0.3 is 14.8 Å². The van der Waals surface area contributed by atoms with Gasteiger partial charge in [0, 0.05) is 24.7 Å². The zero-order valence-electron chi connectivity index (χ0n) is 20.3. The number of carbonyl (C=O) groups excluding carboxylic acids is 1. The molecular weight excluding hydrogens is 523 g/mol. The molecule has 12 heteroatoms. The van der Waals surface area contributed by atoms with Gasteiger partial charge in [-0.05, 0) is 60.0 Å². The molecule has 8 nitrogen and oxygen atoms in total. The molecule has 3 heterocycles. The van der Waals surface area contributed by atoms with Crippen molar-refractivity contribution in [3.63, 3.8) is 0 Å². The Balaban J connectivity index is 1.46.